The third-order valence-corrected chi connectivity index (χ3v) is 6.49. The van der Waals surface area contributed by atoms with E-state index in [9.17, 15) is 22.8 Å². The number of benzene rings is 2. The number of rotatable bonds is 6. The number of ether oxygens (including phenoxy) is 2. The number of likely N-dealkylation sites (tertiary alicyclic amines) is 1. The van der Waals surface area contributed by atoms with Gasteiger partial charge in [-0.1, -0.05) is 11.6 Å². The van der Waals surface area contributed by atoms with Crippen molar-refractivity contribution < 1.29 is 36.7 Å². The molecule has 3 atom stereocenters. The van der Waals surface area contributed by atoms with Crippen LogP contribution >= 0.6 is 11.6 Å². The summed E-state index contributed by atoms with van der Waals surface area (Å²) < 4.78 is 55.9. The Balaban J connectivity index is 1.48. The van der Waals surface area contributed by atoms with Gasteiger partial charge in [0.25, 0.3) is 5.91 Å². The van der Waals surface area contributed by atoms with Gasteiger partial charge in [-0.2, -0.15) is 13.2 Å². The van der Waals surface area contributed by atoms with Gasteiger partial charge in [0.1, 0.15) is 17.4 Å². The van der Waals surface area contributed by atoms with E-state index in [0.29, 0.717) is 29.2 Å². The van der Waals surface area contributed by atoms with Crippen molar-refractivity contribution in [2.24, 2.45) is 0 Å². The Morgan fingerprint density at radius 3 is 2.32 bits per heavy atom. The van der Waals surface area contributed by atoms with Gasteiger partial charge in [-0.25, -0.2) is 4.79 Å². The summed E-state index contributed by atoms with van der Waals surface area (Å²) in [5.74, 6) is 0.239. The number of carbonyl (C=O) groups is 2. The Morgan fingerprint density at radius 2 is 1.71 bits per heavy atom. The fraction of sp³-hybridized carbons (Fsp3) is 0.429. The van der Waals surface area contributed by atoms with Crippen LogP contribution in [-0.4, -0.2) is 51.4 Å². The summed E-state index contributed by atoms with van der Waals surface area (Å²) in [4.78, 5) is 27.5. The monoisotopic (exact) mass is 594 g/mol. The summed E-state index contributed by atoms with van der Waals surface area (Å²) in [6, 6.07) is 9.88. The average molecular weight is 595 g/mol. The number of aromatic nitrogens is 2. The zero-order valence-electron chi connectivity index (χ0n) is 22.9. The predicted molar refractivity (Wildman–Crippen MR) is 143 cm³/mol. The molecule has 9 nitrogen and oxygen atoms in total. The maximum atomic E-state index is 13.2. The second kappa shape index (κ2) is 12.0. The molecule has 0 spiro atoms. The lowest BCUT2D eigenvalue weighted by Crippen LogP contribution is -2.53. The van der Waals surface area contributed by atoms with Crippen molar-refractivity contribution in [3.63, 3.8) is 0 Å². The molecule has 0 aliphatic carbocycles. The van der Waals surface area contributed by atoms with Crippen LogP contribution in [0.1, 0.15) is 58.0 Å². The van der Waals surface area contributed by atoms with Crippen LogP contribution in [0.2, 0.25) is 5.02 Å². The van der Waals surface area contributed by atoms with E-state index in [1.807, 2.05) is 0 Å². The van der Waals surface area contributed by atoms with Crippen LogP contribution < -0.4 is 10.1 Å². The van der Waals surface area contributed by atoms with E-state index in [0.717, 1.165) is 12.1 Å². The first-order valence-corrected chi connectivity index (χ1v) is 13.3. The molecule has 4 rings (SSSR count). The van der Waals surface area contributed by atoms with E-state index in [1.165, 1.54) is 17.0 Å². The molecule has 1 aromatic heterocycles. The van der Waals surface area contributed by atoms with E-state index >= 15 is 0 Å². The van der Waals surface area contributed by atoms with Gasteiger partial charge >= 0.3 is 12.3 Å². The molecule has 2 amide bonds. The predicted octanol–water partition coefficient (Wildman–Crippen LogP) is 6.43. The molecule has 1 N–H and O–H groups in total. The quantitative estimate of drug-likeness (QED) is 0.350. The topological polar surface area (TPSA) is 107 Å². The maximum Gasteiger partial charge on any atom is 0.416 e. The van der Waals surface area contributed by atoms with E-state index in [-0.39, 0.29) is 24.2 Å². The largest absolute Gasteiger partial charge is 0.481 e. The van der Waals surface area contributed by atoms with Crippen molar-refractivity contribution in [1.29, 1.82) is 0 Å². The smallest absolute Gasteiger partial charge is 0.416 e. The third kappa shape index (κ3) is 7.90. The molecule has 2 unspecified atom stereocenters. The third-order valence-electron chi connectivity index (χ3n) is 6.24. The van der Waals surface area contributed by atoms with Crippen LogP contribution in [0.3, 0.4) is 0 Å². The molecule has 1 fully saturated rings. The molecule has 41 heavy (non-hydrogen) atoms. The molecule has 3 aromatic rings. The van der Waals surface area contributed by atoms with E-state index in [2.05, 4.69) is 15.5 Å². The SMILES string of the molecule is CC(Oc1ccc(Cl)cc1)C(=O)NC1CC[C@@H](c2nnc(-c3ccc(C(F)(F)F)cc3)o2)N(C(=O)OC(C)(C)C)C1. The lowest BCUT2D eigenvalue weighted by Gasteiger charge is -2.39. The van der Waals surface area contributed by atoms with Crippen LogP contribution in [0.25, 0.3) is 11.5 Å². The van der Waals surface area contributed by atoms with Crippen LogP contribution in [0, 0.1) is 0 Å². The van der Waals surface area contributed by atoms with Crippen molar-refractivity contribution in [1.82, 2.24) is 20.4 Å². The number of amides is 2. The molecule has 0 radical (unpaired) electrons. The summed E-state index contributed by atoms with van der Waals surface area (Å²) in [6.07, 6.45) is -5.10. The molecule has 0 saturated carbocycles. The molecular weight excluding hydrogens is 565 g/mol. The summed E-state index contributed by atoms with van der Waals surface area (Å²) in [5.41, 5.74) is -1.29. The molecular formula is C28H30ClF3N4O5. The highest BCUT2D eigenvalue weighted by Gasteiger charge is 2.39. The van der Waals surface area contributed by atoms with E-state index in [4.69, 9.17) is 25.5 Å². The molecule has 13 heteroatoms. The van der Waals surface area contributed by atoms with Crippen LogP contribution in [0.5, 0.6) is 5.75 Å². The van der Waals surface area contributed by atoms with Gasteiger partial charge in [-0.15, -0.1) is 10.2 Å². The fourth-order valence-electron chi connectivity index (χ4n) is 4.24. The first-order chi connectivity index (χ1) is 19.2. The summed E-state index contributed by atoms with van der Waals surface area (Å²) in [5, 5.41) is 11.5. The number of alkyl halides is 3. The highest BCUT2D eigenvalue weighted by molar-refractivity contribution is 6.30. The van der Waals surface area contributed by atoms with Gasteiger partial charge in [-0.3, -0.25) is 9.69 Å². The summed E-state index contributed by atoms with van der Waals surface area (Å²) >= 11 is 5.90. The van der Waals surface area contributed by atoms with Crippen molar-refractivity contribution in [2.45, 2.75) is 70.5 Å². The standard InChI is InChI=1S/C28H30ClF3N4O5/c1-16(39-21-12-9-19(29)10-13-21)23(37)33-20-11-14-22(36(15-20)26(38)41-27(2,3)4)25-35-34-24(40-25)17-5-7-18(8-6-17)28(30,31)32/h5-10,12-13,16,20,22H,11,14-15H2,1-4H3,(H,33,37)/t16?,20?,22-/m0/s1. The molecule has 2 heterocycles. The zero-order valence-corrected chi connectivity index (χ0v) is 23.6. The van der Waals surface area contributed by atoms with Gasteiger partial charge < -0.3 is 19.2 Å². The minimum atomic E-state index is -4.47. The van der Waals surface area contributed by atoms with Crippen LogP contribution in [0.15, 0.2) is 52.9 Å². The van der Waals surface area contributed by atoms with Crippen molar-refractivity contribution >= 4 is 23.6 Å². The van der Waals surface area contributed by atoms with E-state index in [1.54, 1.807) is 52.0 Å². The van der Waals surface area contributed by atoms with Crippen LogP contribution in [-0.2, 0) is 15.7 Å². The highest BCUT2D eigenvalue weighted by Crippen LogP contribution is 2.34. The minimum absolute atomic E-state index is 0.0152. The first-order valence-electron chi connectivity index (χ1n) is 12.9. The second-order valence-electron chi connectivity index (χ2n) is 10.7. The number of nitrogens with one attached hydrogen (secondary N) is 1. The van der Waals surface area contributed by atoms with E-state index < -0.39 is 41.6 Å². The van der Waals surface area contributed by atoms with Gasteiger partial charge in [0.05, 0.1) is 5.56 Å². The number of halogens is 4. The second-order valence-corrected chi connectivity index (χ2v) is 11.1. The average Bonchev–Trinajstić information content (AvgIpc) is 3.39. The molecule has 1 aliphatic rings. The van der Waals surface area contributed by atoms with Gasteiger partial charge in [0.2, 0.25) is 11.8 Å². The Morgan fingerprint density at radius 1 is 1.05 bits per heavy atom. The lowest BCUT2D eigenvalue weighted by atomic mass is 9.98. The number of hydrogen-bond donors (Lipinski definition) is 1. The van der Waals surface area contributed by atoms with Crippen molar-refractivity contribution in [3.8, 4) is 17.2 Å². The summed E-state index contributed by atoms with van der Waals surface area (Å²) in [6.45, 7) is 6.90. The van der Waals surface area contributed by atoms with Gasteiger partial charge in [0, 0.05) is 23.2 Å². The van der Waals surface area contributed by atoms with Crippen LogP contribution in [0.4, 0.5) is 18.0 Å². The number of hydrogen-bond acceptors (Lipinski definition) is 7. The Hall–Kier alpha value is -3.80. The van der Waals surface area contributed by atoms with Crippen molar-refractivity contribution in [2.75, 3.05) is 6.54 Å². The van der Waals surface area contributed by atoms with Crippen molar-refractivity contribution in [3.05, 3.63) is 65.0 Å². The van der Waals surface area contributed by atoms with Gasteiger partial charge in [0.15, 0.2) is 6.10 Å². The maximum absolute atomic E-state index is 13.2. The highest BCUT2D eigenvalue weighted by atomic mass is 35.5. The number of piperidine rings is 1. The lowest BCUT2D eigenvalue weighted by molar-refractivity contribution is -0.137. The molecule has 1 aliphatic heterocycles. The normalized spacial score (nSPS) is 18.5. The zero-order chi connectivity index (χ0) is 29.9. The van der Waals surface area contributed by atoms with Gasteiger partial charge in [-0.05, 0) is 89.1 Å². The number of nitrogens with zero attached hydrogens (tertiary/aromatic N) is 3. The first kappa shape index (κ1) is 30.2. The Bertz CT molecular complexity index is 1360. The molecule has 2 aromatic carbocycles. The molecule has 0 bridgehead atoms. The summed E-state index contributed by atoms with van der Waals surface area (Å²) in [7, 11) is 0. The molecule has 1 saturated heterocycles. The number of carbonyl (C=O) groups excluding carboxylic acids is 2. The molecule has 220 valence electrons. The fourth-order valence-corrected chi connectivity index (χ4v) is 4.37. The Kier molecular flexibility index (Phi) is 8.81. The minimum Gasteiger partial charge on any atom is -0.481 e. The Labute approximate surface area is 240 Å².